The van der Waals surface area contributed by atoms with E-state index in [1.807, 2.05) is 0 Å². The average molecular weight is 319 g/mol. The van der Waals surface area contributed by atoms with Crippen molar-refractivity contribution in [2.45, 2.75) is 25.3 Å². The molecule has 100 valence electrons. The summed E-state index contributed by atoms with van der Waals surface area (Å²) in [6, 6.07) is 13.4. The van der Waals surface area contributed by atoms with E-state index in [1.165, 1.54) is 35.7 Å². The molecule has 0 aliphatic carbocycles. The van der Waals surface area contributed by atoms with Crippen LogP contribution in [-0.2, 0) is 0 Å². The first kappa shape index (κ1) is 12.9. The highest BCUT2D eigenvalue weighted by molar-refractivity contribution is 9.10. The molecule has 0 amide bonds. The van der Waals surface area contributed by atoms with E-state index in [2.05, 4.69) is 63.0 Å². The van der Waals surface area contributed by atoms with E-state index < -0.39 is 0 Å². The molecule has 2 aromatic carbocycles. The molecule has 2 aromatic rings. The Bertz CT molecular complexity index is 562. The Morgan fingerprint density at radius 3 is 2.74 bits per heavy atom. The zero-order valence-electron chi connectivity index (χ0n) is 11.0. The molecular formula is C16H19BrN2. The van der Waals surface area contributed by atoms with Crippen LogP contribution < -0.4 is 10.6 Å². The van der Waals surface area contributed by atoms with Gasteiger partial charge in [-0.2, -0.15) is 0 Å². The number of rotatable bonds is 3. The van der Waals surface area contributed by atoms with E-state index in [0.29, 0.717) is 6.04 Å². The summed E-state index contributed by atoms with van der Waals surface area (Å²) in [5.74, 6) is 0. The largest absolute Gasteiger partial charge is 0.383 e. The van der Waals surface area contributed by atoms with Gasteiger partial charge >= 0.3 is 0 Å². The van der Waals surface area contributed by atoms with Crippen LogP contribution in [-0.4, -0.2) is 19.1 Å². The Hall–Kier alpha value is -1.06. The lowest BCUT2D eigenvalue weighted by atomic mass is 10.0. The molecule has 2 N–H and O–H groups in total. The van der Waals surface area contributed by atoms with Gasteiger partial charge in [0.05, 0.1) is 0 Å². The summed E-state index contributed by atoms with van der Waals surface area (Å²) in [4.78, 5) is 0. The number of piperidine rings is 1. The molecule has 0 bridgehead atoms. The molecule has 3 rings (SSSR count). The zero-order valence-corrected chi connectivity index (χ0v) is 12.5. The van der Waals surface area contributed by atoms with Crippen LogP contribution in [0.5, 0.6) is 0 Å². The number of hydrogen-bond acceptors (Lipinski definition) is 2. The number of anilines is 1. The Morgan fingerprint density at radius 2 is 1.95 bits per heavy atom. The third-order valence-electron chi connectivity index (χ3n) is 3.82. The van der Waals surface area contributed by atoms with E-state index in [0.717, 1.165) is 17.6 Å². The van der Waals surface area contributed by atoms with Crippen molar-refractivity contribution < 1.29 is 0 Å². The minimum atomic E-state index is 0.608. The van der Waals surface area contributed by atoms with E-state index in [4.69, 9.17) is 0 Å². The van der Waals surface area contributed by atoms with Crippen molar-refractivity contribution in [1.82, 2.24) is 5.32 Å². The van der Waals surface area contributed by atoms with Crippen LogP contribution in [0.4, 0.5) is 5.69 Å². The summed E-state index contributed by atoms with van der Waals surface area (Å²) in [6.07, 6.45) is 3.94. The van der Waals surface area contributed by atoms with E-state index in [9.17, 15) is 0 Å². The topological polar surface area (TPSA) is 24.1 Å². The van der Waals surface area contributed by atoms with Crippen molar-refractivity contribution in [3.05, 3.63) is 40.9 Å². The fraction of sp³-hybridized carbons (Fsp3) is 0.375. The number of nitrogens with one attached hydrogen (secondary N) is 2. The SMILES string of the molecule is Brc1ccc(NCC2CCCCN2)c2ccccc12. The summed E-state index contributed by atoms with van der Waals surface area (Å²) in [6.45, 7) is 2.17. The van der Waals surface area contributed by atoms with Gasteiger partial charge < -0.3 is 10.6 Å². The van der Waals surface area contributed by atoms with Crippen LogP contribution in [0.2, 0.25) is 0 Å². The molecule has 1 saturated heterocycles. The highest BCUT2D eigenvalue weighted by Crippen LogP contribution is 2.29. The van der Waals surface area contributed by atoms with Crippen LogP contribution in [0.1, 0.15) is 19.3 Å². The first-order chi connectivity index (χ1) is 9.34. The number of hydrogen-bond donors (Lipinski definition) is 2. The molecule has 3 heteroatoms. The van der Waals surface area contributed by atoms with Gasteiger partial charge in [0.15, 0.2) is 0 Å². The Kier molecular flexibility index (Phi) is 4.04. The van der Waals surface area contributed by atoms with Gasteiger partial charge in [0.2, 0.25) is 0 Å². The summed E-state index contributed by atoms with van der Waals surface area (Å²) < 4.78 is 1.16. The molecule has 1 aliphatic rings. The van der Waals surface area contributed by atoms with Gasteiger partial charge in [0, 0.05) is 28.1 Å². The van der Waals surface area contributed by atoms with Gasteiger partial charge in [-0.15, -0.1) is 0 Å². The molecule has 0 spiro atoms. The molecule has 1 fully saturated rings. The van der Waals surface area contributed by atoms with Gasteiger partial charge in [-0.3, -0.25) is 0 Å². The standard InChI is InChI=1S/C16H19BrN2/c17-15-8-9-16(14-7-2-1-6-13(14)15)19-11-12-5-3-4-10-18-12/h1-2,6-9,12,18-19H,3-5,10-11H2. The average Bonchev–Trinajstić information content (AvgIpc) is 2.48. The second-order valence-electron chi connectivity index (χ2n) is 5.17. The first-order valence-electron chi connectivity index (χ1n) is 6.99. The van der Waals surface area contributed by atoms with Gasteiger partial charge in [-0.1, -0.05) is 46.6 Å². The molecule has 1 heterocycles. The van der Waals surface area contributed by atoms with Crippen molar-refractivity contribution >= 4 is 32.4 Å². The summed E-state index contributed by atoms with van der Waals surface area (Å²) in [7, 11) is 0. The Labute approximate surface area is 122 Å². The fourth-order valence-electron chi connectivity index (χ4n) is 2.75. The fourth-order valence-corrected chi connectivity index (χ4v) is 3.23. The van der Waals surface area contributed by atoms with Crippen LogP contribution in [0, 0.1) is 0 Å². The summed E-state index contributed by atoms with van der Waals surface area (Å²) >= 11 is 3.62. The highest BCUT2D eigenvalue weighted by atomic mass is 79.9. The molecule has 2 nitrogen and oxygen atoms in total. The van der Waals surface area contributed by atoms with Crippen molar-refractivity contribution in [3.8, 4) is 0 Å². The molecule has 0 saturated carbocycles. The molecule has 1 unspecified atom stereocenters. The first-order valence-corrected chi connectivity index (χ1v) is 7.78. The summed E-state index contributed by atoms with van der Waals surface area (Å²) in [5.41, 5.74) is 1.23. The molecule has 0 aromatic heterocycles. The second kappa shape index (κ2) is 5.93. The van der Waals surface area contributed by atoms with E-state index in [1.54, 1.807) is 0 Å². The lowest BCUT2D eigenvalue weighted by molar-refractivity contribution is 0.414. The minimum Gasteiger partial charge on any atom is -0.383 e. The second-order valence-corrected chi connectivity index (χ2v) is 6.02. The number of benzene rings is 2. The molecule has 1 atom stereocenters. The quantitative estimate of drug-likeness (QED) is 0.888. The van der Waals surface area contributed by atoms with Crippen molar-refractivity contribution in [1.29, 1.82) is 0 Å². The Morgan fingerprint density at radius 1 is 1.11 bits per heavy atom. The molecular weight excluding hydrogens is 300 g/mol. The third kappa shape index (κ3) is 2.93. The van der Waals surface area contributed by atoms with Crippen molar-refractivity contribution in [2.24, 2.45) is 0 Å². The van der Waals surface area contributed by atoms with E-state index in [-0.39, 0.29) is 0 Å². The molecule has 1 aliphatic heterocycles. The normalized spacial score (nSPS) is 19.5. The van der Waals surface area contributed by atoms with Crippen LogP contribution in [0.25, 0.3) is 10.8 Å². The summed E-state index contributed by atoms with van der Waals surface area (Å²) in [5, 5.41) is 9.73. The smallest absolute Gasteiger partial charge is 0.0421 e. The lowest BCUT2D eigenvalue weighted by Crippen LogP contribution is -2.39. The van der Waals surface area contributed by atoms with Crippen molar-refractivity contribution in [2.75, 3.05) is 18.4 Å². The maximum absolute atomic E-state index is 3.62. The Balaban J connectivity index is 1.79. The van der Waals surface area contributed by atoms with Gasteiger partial charge in [-0.25, -0.2) is 0 Å². The number of fused-ring (bicyclic) bond motifs is 1. The van der Waals surface area contributed by atoms with E-state index >= 15 is 0 Å². The predicted octanol–water partition coefficient (Wildman–Crippen LogP) is 4.16. The molecule has 19 heavy (non-hydrogen) atoms. The van der Waals surface area contributed by atoms with Gasteiger partial charge in [-0.05, 0) is 36.9 Å². The molecule has 0 radical (unpaired) electrons. The van der Waals surface area contributed by atoms with Crippen molar-refractivity contribution in [3.63, 3.8) is 0 Å². The van der Waals surface area contributed by atoms with Gasteiger partial charge in [0.1, 0.15) is 0 Å². The van der Waals surface area contributed by atoms with Crippen LogP contribution in [0.15, 0.2) is 40.9 Å². The zero-order chi connectivity index (χ0) is 13.1. The monoisotopic (exact) mass is 318 g/mol. The number of halogens is 1. The third-order valence-corrected chi connectivity index (χ3v) is 4.51. The minimum absolute atomic E-state index is 0.608. The maximum atomic E-state index is 3.62. The van der Waals surface area contributed by atoms with Crippen LogP contribution >= 0.6 is 15.9 Å². The van der Waals surface area contributed by atoms with Gasteiger partial charge in [0.25, 0.3) is 0 Å². The predicted molar refractivity (Wildman–Crippen MR) is 85.8 cm³/mol. The lowest BCUT2D eigenvalue weighted by Gasteiger charge is -2.24. The maximum Gasteiger partial charge on any atom is 0.0421 e. The highest BCUT2D eigenvalue weighted by Gasteiger charge is 2.12. The van der Waals surface area contributed by atoms with Crippen LogP contribution in [0.3, 0.4) is 0 Å².